The minimum absolute atomic E-state index is 0.339. The van der Waals surface area contributed by atoms with Crippen molar-refractivity contribution in [3.8, 4) is 0 Å². The predicted molar refractivity (Wildman–Crippen MR) is 72.0 cm³/mol. The monoisotopic (exact) mass is 254 g/mol. The fourth-order valence-electron chi connectivity index (χ4n) is 2.40. The molecular formula is C13H19ClN2O. The van der Waals surface area contributed by atoms with Crippen molar-refractivity contribution in [3.63, 3.8) is 0 Å². The van der Waals surface area contributed by atoms with Crippen LogP contribution in [-0.4, -0.2) is 37.4 Å². The molecule has 3 nitrogen and oxygen atoms in total. The molecule has 94 valence electrons. The molecule has 0 amide bonds. The zero-order chi connectivity index (χ0) is 12.4. The number of benzene rings is 1. The van der Waals surface area contributed by atoms with Crippen LogP contribution in [0.2, 0.25) is 5.02 Å². The Morgan fingerprint density at radius 2 is 2.18 bits per heavy atom. The van der Waals surface area contributed by atoms with Gasteiger partial charge < -0.3 is 15.3 Å². The van der Waals surface area contributed by atoms with Crippen LogP contribution < -0.4 is 10.2 Å². The van der Waals surface area contributed by atoms with E-state index in [1.54, 1.807) is 0 Å². The van der Waals surface area contributed by atoms with E-state index < -0.39 is 0 Å². The van der Waals surface area contributed by atoms with Crippen molar-refractivity contribution in [1.82, 2.24) is 5.32 Å². The van der Waals surface area contributed by atoms with Gasteiger partial charge in [-0.25, -0.2) is 0 Å². The first-order chi connectivity index (χ1) is 8.08. The second-order valence-corrected chi connectivity index (χ2v) is 5.12. The summed E-state index contributed by atoms with van der Waals surface area (Å²) in [7, 11) is 0. The maximum Gasteiger partial charge on any atom is 0.0839 e. The number of aliphatic hydroxyl groups is 1. The average molecular weight is 255 g/mol. The molecule has 0 saturated carbocycles. The maximum absolute atomic E-state index is 9.81. The maximum atomic E-state index is 9.81. The highest BCUT2D eigenvalue weighted by Crippen LogP contribution is 2.31. The van der Waals surface area contributed by atoms with Crippen molar-refractivity contribution in [1.29, 1.82) is 0 Å². The van der Waals surface area contributed by atoms with Crippen LogP contribution in [0.5, 0.6) is 0 Å². The molecule has 2 rings (SSSR count). The Morgan fingerprint density at radius 1 is 1.41 bits per heavy atom. The number of nitrogens with one attached hydrogen (secondary N) is 1. The number of nitrogens with zero attached hydrogens (tertiary/aromatic N) is 1. The van der Waals surface area contributed by atoms with Crippen molar-refractivity contribution in [2.24, 2.45) is 0 Å². The standard InChI is InChI=1S/C13H19ClN2O/c1-9-5-10(2)13(12(14)6-9)16-4-3-15-7-11(17)8-16/h5-6,11,15,17H,3-4,7-8H2,1-2H3. The number of hydrogen-bond donors (Lipinski definition) is 2. The lowest BCUT2D eigenvalue weighted by atomic mass is 10.1. The van der Waals surface area contributed by atoms with E-state index in [1.165, 1.54) is 11.1 Å². The van der Waals surface area contributed by atoms with Gasteiger partial charge in [0.2, 0.25) is 0 Å². The predicted octanol–water partition coefficient (Wildman–Crippen LogP) is 1.73. The van der Waals surface area contributed by atoms with Crippen LogP contribution in [0, 0.1) is 13.8 Å². The van der Waals surface area contributed by atoms with Crippen LogP contribution in [0.15, 0.2) is 12.1 Å². The third-order valence-electron chi connectivity index (χ3n) is 3.08. The van der Waals surface area contributed by atoms with Crippen LogP contribution in [0.25, 0.3) is 0 Å². The Kier molecular flexibility index (Phi) is 3.92. The topological polar surface area (TPSA) is 35.5 Å². The van der Waals surface area contributed by atoms with Gasteiger partial charge in [-0.2, -0.15) is 0 Å². The first-order valence-electron chi connectivity index (χ1n) is 5.98. The molecule has 1 atom stereocenters. The molecule has 1 unspecified atom stereocenters. The number of hydrogen-bond acceptors (Lipinski definition) is 3. The van der Waals surface area contributed by atoms with Gasteiger partial charge in [0, 0.05) is 26.2 Å². The molecule has 0 spiro atoms. The van der Waals surface area contributed by atoms with Crippen molar-refractivity contribution >= 4 is 17.3 Å². The lowest BCUT2D eigenvalue weighted by Crippen LogP contribution is -2.33. The second kappa shape index (κ2) is 5.25. The molecule has 1 aliphatic rings. The molecule has 17 heavy (non-hydrogen) atoms. The third kappa shape index (κ3) is 2.92. The van der Waals surface area contributed by atoms with Gasteiger partial charge in [-0.3, -0.25) is 0 Å². The van der Waals surface area contributed by atoms with Gasteiger partial charge in [0.05, 0.1) is 16.8 Å². The normalized spacial score (nSPS) is 21.4. The highest BCUT2D eigenvalue weighted by Gasteiger charge is 2.19. The zero-order valence-corrected chi connectivity index (χ0v) is 11.1. The first-order valence-corrected chi connectivity index (χ1v) is 6.36. The van der Waals surface area contributed by atoms with Gasteiger partial charge in [-0.15, -0.1) is 0 Å². The molecule has 2 N–H and O–H groups in total. The van der Waals surface area contributed by atoms with Crippen LogP contribution >= 0.6 is 11.6 Å². The molecule has 4 heteroatoms. The number of aryl methyl sites for hydroxylation is 2. The van der Waals surface area contributed by atoms with Gasteiger partial charge in [-0.05, 0) is 31.0 Å². The Balaban J connectivity index is 2.32. The van der Waals surface area contributed by atoms with Crippen LogP contribution in [0.1, 0.15) is 11.1 Å². The summed E-state index contributed by atoms with van der Waals surface area (Å²) in [5.41, 5.74) is 3.40. The van der Waals surface area contributed by atoms with Crippen LogP contribution in [0.3, 0.4) is 0 Å². The largest absolute Gasteiger partial charge is 0.390 e. The molecule has 1 aliphatic heterocycles. The van der Waals surface area contributed by atoms with E-state index in [9.17, 15) is 5.11 Å². The molecule has 1 aromatic rings. The smallest absolute Gasteiger partial charge is 0.0839 e. The van der Waals surface area contributed by atoms with E-state index in [0.29, 0.717) is 13.1 Å². The van der Waals surface area contributed by atoms with Crippen LogP contribution in [-0.2, 0) is 0 Å². The SMILES string of the molecule is Cc1cc(C)c(N2CCNCC(O)C2)c(Cl)c1. The van der Waals surface area contributed by atoms with Gasteiger partial charge in [-0.1, -0.05) is 17.7 Å². The van der Waals surface area contributed by atoms with E-state index in [0.717, 1.165) is 23.8 Å². The number of anilines is 1. The molecule has 0 bridgehead atoms. The molecular weight excluding hydrogens is 236 g/mol. The molecule has 0 radical (unpaired) electrons. The Morgan fingerprint density at radius 3 is 2.88 bits per heavy atom. The fourth-order valence-corrected chi connectivity index (χ4v) is 2.85. The van der Waals surface area contributed by atoms with E-state index in [1.807, 2.05) is 13.0 Å². The highest BCUT2D eigenvalue weighted by atomic mass is 35.5. The van der Waals surface area contributed by atoms with E-state index in [4.69, 9.17) is 11.6 Å². The fraction of sp³-hybridized carbons (Fsp3) is 0.538. The Labute approximate surface area is 107 Å². The third-order valence-corrected chi connectivity index (χ3v) is 3.37. The van der Waals surface area contributed by atoms with Crippen molar-refractivity contribution in [2.45, 2.75) is 20.0 Å². The summed E-state index contributed by atoms with van der Waals surface area (Å²) >= 11 is 6.33. The van der Waals surface area contributed by atoms with Crippen molar-refractivity contribution in [2.75, 3.05) is 31.1 Å². The molecule has 0 aliphatic carbocycles. The van der Waals surface area contributed by atoms with Gasteiger partial charge in [0.1, 0.15) is 0 Å². The summed E-state index contributed by atoms with van der Waals surface area (Å²) in [4.78, 5) is 2.17. The minimum atomic E-state index is -0.339. The molecule has 1 heterocycles. The average Bonchev–Trinajstić information content (AvgIpc) is 2.41. The Bertz CT molecular complexity index is 385. The van der Waals surface area contributed by atoms with Gasteiger partial charge >= 0.3 is 0 Å². The van der Waals surface area contributed by atoms with E-state index in [-0.39, 0.29) is 6.10 Å². The summed E-state index contributed by atoms with van der Waals surface area (Å²) in [6.45, 7) is 7.15. The summed E-state index contributed by atoms with van der Waals surface area (Å²) in [5.74, 6) is 0. The van der Waals surface area contributed by atoms with Crippen molar-refractivity contribution < 1.29 is 5.11 Å². The summed E-state index contributed by atoms with van der Waals surface area (Å²) in [6, 6.07) is 4.11. The summed E-state index contributed by atoms with van der Waals surface area (Å²) in [5, 5.41) is 13.8. The highest BCUT2D eigenvalue weighted by molar-refractivity contribution is 6.33. The van der Waals surface area contributed by atoms with Gasteiger partial charge in [0.15, 0.2) is 0 Å². The molecule has 0 aromatic heterocycles. The second-order valence-electron chi connectivity index (χ2n) is 4.72. The summed E-state index contributed by atoms with van der Waals surface area (Å²) in [6.07, 6.45) is -0.339. The molecule has 1 fully saturated rings. The summed E-state index contributed by atoms with van der Waals surface area (Å²) < 4.78 is 0. The lowest BCUT2D eigenvalue weighted by Gasteiger charge is -2.27. The molecule has 1 aromatic carbocycles. The number of halogens is 1. The van der Waals surface area contributed by atoms with Crippen molar-refractivity contribution in [3.05, 3.63) is 28.3 Å². The first kappa shape index (κ1) is 12.7. The minimum Gasteiger partial charge on any atom is -0.390 e. The number of β-amino-alcohol motifs (C(OH)–C–C–N with tert-alkyl or cyclic N) is 1. The zero-order valence-electron chi connectivity index (χ0n) is 10.3. The van der Waals surface area contributed by atoms with Gasteiger partial charge in [0.25, 0.3) is 0 Å². The van der Waals surface area contributed by atoms with E-state index in [2.05, 4.69) is 23.2 Å². The molecule has 1 saturated heterocycles. The lowest BCUT2D eigenvalue weighted by molar-refractivity contribution is 0.185. The quantitative estimate of drug-likeness (QED) is 0.801. The number of aliphatic hydroxyl groups excluding tert-OH is 1. The van der Waals surface area contributed by atoms with E-state index >= 15 is 0 Å². The Hall–Kier alpha value is -0.770. The number of rotatable bonds is 1. The van der Waals surface area contributed by atoms with Crippen LogP contribution in [0.4, 0.5) is 5.69 Å².